The van der Waals surface area contributed by atoms with Gasteiger partial charge in [-0.1, -0.05) is 67.4 Å². The third-order valence-electron chi connectivity index (χ3n) is 3.83. The van der Waals surface area contributed by atoms with E-state index in [0.717, 1.165) is 0 Å². The van der Waals surface area contributed by atoms with Crippen LogP contribution in [0.2, 0.25) is 0 Å². The van der Waals surface area contributed by atoms with E-state index in [-0.39, 0.29) is 5.41 Å². The molecule has 0 atom stereocenters. The Bertz CT molecular complexity index is 545. The lowest BCUT2D eigenvalue weighted by molar-refractivity contribution is 0.635. The van der Waals surface area contributed by atoms with Crippen LogP contribution in [0.3, 0.4) is 0 Å². The Morgan fingerprint density at radius 3 is 1.83 bits per heavy atom. The largest absolute Gasteiger partial charge is 0.0590 e. The molecule has 2 aromatic rings. The van der Waals surface area contributed by atoms with Crippen molar-refractivity contribution in [1.29, 1.82) is 0 Å². The average Bonchev–Trinajstić information content (AvgIpc) is 2.29. The Hall–Kier alpha value is -1.56. The molecule has 0 spiro atoms. The summed E-state index contributed by atoms with van der Waals surface area (Å²) in [6, 6.07) is 15.6. The summed E-state index contributed by atoms with van der Waals surface area (Å²) in [5.74, 6) is 0. The number of hydrogen-bond acceptors (Lipinski definition) is 0. The van der Waals surface area contributed by atoms with E-state index >= 15 is 0 Å². The quantitative estimate of drug-likeness (QED) is 0.695. The van der Waals surface area contributed by atoms with Crippen molar-refractivity contribution in [2.75, 3.05) is 0 Å². The lowest BCUT2D eigenvalue weighted by atomic mass is 9.76. The Kier molecular flexibility index (Phi) is 3.30. The van der Waals surface area contributed by atoms with Gasteiger partial charge in [0.25, 0.3) is 0 Å². The van der Waals surface area contributed by atoms with Crippen LogP contribution in [0.4, 0.5) is 0 Å². The van der Waals surface area contributed by atoms with E-state index in [2.05, 4.69) is 77.1 Å². The van der Waals surface area contributed by atoms with Gasteiger partial charge in [0.1, 0.15) is 0 Å². The SMILES string of the molecule is Cc1ccc(C(C)(C)c2ccc(C)cc2C)cc1. The van der Waals surface area contributed by atoms with E-state index in [4.69, 9.17) is 0 Å². The highest BCUT2D eigenvalue weighted by molar-refractivity contribution is 5.43. The van der Waals surface area contributed by atoms with Crippen molar-refractivity contribution >= 4 is 0 Å². The van der Waals surface area contributed by atoms with Crippen molar-refractivity contribution in [1.82, 2.24) is 0 Å². The van der Waals surface area contributed by atoms with Crippen molar-refractivity contribution in [2.24, 2.45) is 0 Å². The van der Waals surface area contributed by atoms with Gasteiger partial charge >= 0.3 is 0 Å². The molecule has 18 heavy (non-hydrogen) atoms. The summed E-state index contributed by atoms with van der Waals surface area (Å²) in [7, 11) is 0. The summed E-state index contributed by atoms with van der Waals surface area (Å²) in [6.07, 6.45) is 0. The highest BCUT2D eigenvalue weighted by atomic mass is 14.3. The van der Waals surface area contributed by atoms with Crippen molar-refractivity contribution in [3.8, 4) is 0 Å². The zero-order valence-corrected chi connectivity index (χ0v) is 12.0. The van der Waals surface area contributed by atoms with Crippen molar-refractivity contribution in [3.05, 3.63) is 70.3 Å². The average molecular weight is 238 g/mol. The van der Waals surface area contributed by atoms with Crippen LogP contribution >= 0.6 is 0 Å². The van der Waals surface area contributed by atoms with Gasteiger partial charge in [-0.25, -0.2) is 0 Å². The normalized spacial score (nSPS) is 11.6. The number of benzene rings is 2. The maximum absolute atomic E-state index is 2.30. The molecule has 0 aliphatic carbocycles. The third kappa shape index (κ3) is 2.33. The minimum Gasteiger partial charge on any atom is -0.0590 e. The van der Waals surface area contributed by atoms with Gasteiger partial charge in [-0.2, -0.15) is 0 Å². The smallest absolute Gasteiger partial charge is 0.0149 e. The zero-order valence-electron chi connectivity index (χ0n) is 12.0. The molecular formula is C18H22. The van der Waals surface area contributed by atoms with Gasteiger partial charge in [0.2, 0.25) is 0 Å². The minimum absolute atomic E-state index is 0.0610. The molecule has 0 saturated carbocycles. The topological polar surface area (TPSA) is 0 Å². The fourth-order valence-electron chi connectivity index (χ4n) is 2.64. The molecule has 0 saturated heterocycles. The van der Waals surface area contributed by atoms with Gasteiger partial charge in [-0.3, -0.25) is 0 Å². The zero-order chi connectivity index (χ0) is 13.3. The first-order chi connectivity index (χ1) is 8.41. The molecule has 0 unspecified atom stereocenters. The maximum Gasteiger partial charge on any atom is 0.0149 e. The number of aryl methyl sites for hydroxylation is 3. The molecule has 0 bridgehead atoms. The van der Waals surface area contributed by atoms with Crippen LogP contribution in [0, 0.1) is 20.8 Å². The van der Waals surface area contributed by atoms with Crippen LogP contribution in [0.1, 0.15) is 41.7 Å². The van der Waals surface area contributed by atoms with Crippen LogP contribution in [-0.4, -0.2) is 0 Å². The Balaban J connectivity index is 2.50. The first kappa shape index (κ1) is 12.9. The summed E-state index contributed by atoms with van der Waals surface area (Å²) >= 11 is 0. The molecule has 0 aliphatic heterocycles. The summed E-state index contributed by atoms with van der Waals surface area (Å²) in [5, 5.41) is 0. The van der Waals surface area contributed by atoms with Gasteiger partial charge in [0.05, 0.1) is 0 Å². The molecule has 2 rings (SSSR count). The van der Waals surface area contributed by atoms with Gasteiger partial charge in [-0.05, 0) is 37.5 Å². The van der Waals surface area contributed by atoms with Gasteiger partial charge in [0.15, 0.2) is 0 Å². The third-order valence-corrected chi connectivity index (χ3v) is 3.83. The highest BCUT2D eigenvalue weighted by Crippen LogP contribution is 2.33. The molecule has 0 aliphatic rings. The molecule has 0 amide bonds. The Morgan fingerprint density at radius 1 is 0.722 bits per heavy atom. The van der Waals surface area contributed by atoms with Crippen LogP contribution in [-0.2, 0) is 5.41 Å². The first-order valence-electron chi connectivity index (χ1n) is 6.56. The summed E-state index contributed by atoms with van der Waals surface area (Å²) in [6.45, 7) is 11.1. The molecule has 94 valence electrons. The van der Waals surface area contributed by atoms with E-state index in [1.807, 2.05) is 0 Å². The molecule has 0 N–H and O–H groups in total. The number of rotatable bonds is 2. The molecule has 0 heterocycles. The molecule has 0 radical (unpaired) electrons. The van der Waals surface area contributed by atoms with Crippen LogP contribution < -0.4 is 0 Å². The van der Waals surface area contributed by atoms with Crippen molar-refractivity contribution in [2.45, 2.75) is 40.0 Å². The van der Waals surface area contributed by atoms with E-state index in [9.17, 15) is 0 Å². The minimum atomic E-state index is 0.0610. The second-order valence-electron chi connectivity index (χ2n) is 5.81. The second kappa shape index (κ2) is 4.61. The van der Waals surface area contributed by atoms with Gasteiger partial charge in [-0.15, -0.1) is 0 Å². The van der Waals surface area contributed by atoms with E-state index < -0.39 is 0 Å². The summed E-state index contributed by atoms with van der Waals surface area (Å²) < 4.78 is 0. The van der Waals surface area contributed by atoms with E-state index in [1.54, 1.807) is 0 Å². The Labute approximate surface area is 111 Å². The molecule has 0 aromatic heterocycles. The second-order valence-corrected chi connectivity index (χ2v) is 5.81. The highest BCUT2D eigenvalue weighted by Gasteiger charge is 2.24. The summed E-state index contributed by atoms with van der Waals surface area (Å²) in [4.78, 5) is 0. The Morgan fingerprint density at radius 2 is 1.28 bits per heavy atom. The van der Waals surface area contributed by atoms with Gasteiger partial charge < -0.3 is 0 Å². The molecular weight excluding hydrogens is 216 g/mol. The molecule has 0 fully saturated rings. The fraction of sp³-hybridized carbons (Fsp3) is 0.333. The molecule has 0 heteroatoms. The maximum atomic E-state index is 2.30. The van der Waals surface area contributed by atoms with Crippen LogP contribution in [0.15, 0.2) is 42.5 Å². The predicted molar refractivity (Wildman–Crippen MR) is 79.2 cm³/mol. The lowest BCUT2D eigenvalue weighted by Gasteiger charge is -2.28. The molecule has 0 nitrogen and oxygen atoms in total. The fourth-order valence-corrected chi connectivity index (χ4v) is 2.64. The standard InChI is InChI=1S/C18H22/c1-13-6-9-16(10-7-13)18(4,5)17-11-8-14(2)12-15(17)3/h6-12H,1-5H3. The predicted octanol–water partition coefficient (Wildman–Crippen LogP) is 4.94. The first-order valence-corrected chi connectivity index (χ1v) is 6.56. The van der Waals surface area contributed by atoms with Crippen molar-refractivity contribution in [3.63, 3.8) is 0 Å². The van der Waals surface area contributed by atoms with Crippen LogP contribution in [0.25, 0.3) is 0 Å². The lowest BCUT2D eigenvalue weighted by Crippen LogP contribution is -2.20. The summed E-state index contributed by atoms with van der Waals surface area (Å²) in [5.41, 5.74) is 6.87. The van der Waals surface area contributed by atoms with Gasteiger partial charge in [0, 0.05) is 5.41 Å². The van der Waals surface area contributed by atoms with E-state index in [0.29, 0.717) is 0 Å². The van der Waals surface area contributed by atoms with E-state index in [1.165, 1.54) is 27.8 Å². The van der Waals surface area contributed by atoms with Crippen LogP contribution in [0.5, 0.6) is 0 Å². The number of hydrogen-bond donors (Lipinski definition) is 0. The monoisotopic (exact) mass is 238 g/mol. The van der Waals surface area contributed by atoms with Crippen molar-refractivity contribution < 1.29 is 0 Å². The molecule has 2 aromatic carbocycles.